The van der Waals surface area contributed by atoms with Crippen LogP contribution < -0.4 is 4.72 Å². The van der Waals surface area contributed by atoms with E-state index in [1.54, 1.807) is 18.2 Å². The van der Waals surface area contributed by atoms with E-state index in [1.165, 1.54) is 30.3 Å². The van der Waals surface area contributed by atoms with Gasteiger partial charge in [0.25, 0.3) is 10.0 Å². The van der Waals surface area contributed by atoms with Crippen LogP contribution in [0.1, 0.15) is 10.4 Å². The van der Waals surface area contributed by atoms with E-state index in [0.717, 1.165) is 0 Å². The Bertz CT molecular complexity index is 744. The lowest BCUT2D eigenvalue weighted by molar-refractivity contribution is 0.0697. The Labute approximate surface area is 120 Å². The van der Waals surface area contributed by atoms with Crippen LogP contribution in [0, 0.1) is 0 Å². The molecule has 0 bridgehead atoms. The summed E-state index contributed by atoms with van der Waals surface area (Å²) >= 11 is 5.77. The van der Waals surface area contributed by atoms with Crippen LogP contribution in [0.25, 0.3) is 0 Å². The molecule has 0 aliphatic heterocycles. The van der Waals surface area contributed by atoms with Crippen LogP contribution in [0.5, 0.6) is 0 Å². The number of aromatic carboxylic acids is 1. The van der Waals surface area contributed by atoms with Crippen molar-refractivity contribution < 1.29 is 18.3 Å². The van der Waals surface area contributed by atoms with Crippen molar-refractivity contribution in [1.29, 1.82) is 0 Å². The number of hydrogen-bond donors (Lipinski definition) is 2. The second-order valence-electron chi connectivity index (χ2n) is 3.95. The van der Waals surface area contributed by atoms with Gasteiger partial charge in [-0.25, -0.2) is 13.2 Å². The van der Waals surface area contributed by atoms with Gasteiger partial charge in [0.15, 0.2) is 0 Å². The molecule has 7 heteroatoms. The Morgan fingerprint density at radius 2 is 1.75 bits per heavy atom. The molecule has 104 valence electrons. The number of benzene rings is 2. The summed E-state index contributed by atoms with van der Waals surface area (Å²) in [5, 5.41) is 9.05. The number of sulfonamides is 1. The fourth-order valence-corrected chi connectivity index (χ4v) is 2.88. The van der Waals surface area contributed by atoms with E-state index in [4.69, 9.17) is 16.7 Å². The third kappa shape index (κ3) is 3.28. The summed E-state index contributed by atoms with van der Waals surface area (Å²) in [6.45, 7) is 0. The van der Waals surface area contributed by atoms with Crippen LogP contribution in [0.3, 0.4) is 0 Å². The second-order valence-corrected chi connectivity index (χ2v) is 6.07. The molecule has 5 nitrogen and oxygen atoms in total. The SMILES string of the molecule is O=C(O)c1cc(Cl)cc(NS(=O)(=O)c2ccccc2)c1. The molecule has 0 spiro atoms. The molecule has 0 amide bonds. The number of rotatable bonds is 4. The van der Waals surface area contributed by atoms with Gasteiger partial charge in [-0.1, -0.05) is 29.8 Å². The number of carbonyl (C=O) groups is 1. The van der Waals surface area contributed by atoms with Gasteiger partial charge < -0.3 is 5.11 Å². The lowest BCUT2D eigenvalue weighted by atomic mass is 10.2. The van der Waals surface area contributed by atoms with Gasteiger partial charge in [-0.05, 0) is 30.3 Å². The summed E-state index contributed by atoms with van der Waals surface area (Å²) in [5.41, 5.74) is 0.00187. The van der Waals surface area contributed by atoms with Crippen molar-refractivity contribution in [1.82, 2.24) is 0 Å². The number of nitrogens with one attached hydrogen (secondary N) is 1. The standard InChI is InChI=1S/C13H10ClNO4S/c14-10-6-9(13(16)17)7-11(8-10)15-20(18,19)12-4-2-1-3-5-12/h1-8,15H,(H,16,17). The smallest absolute Gasteiger partial charge is 0.335 e. The minimum atomic E-state index is -3.77. The van der Waals surface area contributed by atoms with Crippen LogP contribution in [0.15, 0.2) is 53.4 Å². The first kappa shape index (κ1) is 14.4. The van der Waals surface area contributed by atoms with Gasteiger partial charge in [-0.2, -0.15) is 0 Å². The Morgan fingerprint density at radius 3 is 2.35 bits per heavy atom. The summed E-state index contributed by atoms with van der Waals surface area (Å²) in [6.07, 6.45) is 0. The summed E-state index contributed by atoms with van der Waals surface area (Å²) in [6, 6.07) is 11.5. The summed E-state index contributed by atoms with van der Waals surface area (Å²) in [7, 11) is -3.77. The maximum atomic E-state index is 12.1. The third-order valence-corrected chi connectivity index (χ3v) is 4.07. The van der Waals surface area contributed by atoms with Crippen LogP contribution in [0.2, 0.25) is 5.02 Å². The molecule has 20 heavy (non-hydrogen) atoms. The average molecular weight is 312 g/mol. The molecule has 0 radical (unpaired) electrons. The van der Waals surface area contributed by atoms with Crippen molar-refractivity contribution >= 4 is 33.3 Å². The first-order valence-electron chi connectivity index (χ1n) is 5.50. The summed E-state index contributed by atoms with van der Waals surface area (Å²) < 4.78 is 26.5. The molecule has 2 N–H and O–H groups in total. The molecule has 2 aromatic carbocycles. The molecule has 2 rings (SSSR count). The van der Waals surface area contributed by atoms with Crippen molar-refractivity contribution in [2.45, 2.75) is 4.90 Å². The van der Waals surface area contributed by atoms with Crippen molar-refractivity contribution in [2.24, 2.45) is 0 Å². The van der Waals surface area contributed by atoms with Crippen molar-refractivity contribution in [3.05, 3.63) is 59.1 Å². The van der Waals surface area contributed by atoms with Crippen molar-refractivity contribution in [3.8, 4) is 0 Å². The van der Waals surface area contributed by atoms with Gasteiger partial charge in [0.1, 0.15) is 0 Å². The topological polar surface area (TPSA) is 83.5 Å². The minimum Gasteiger partial charge on any atom is -0.478 e. The van der Waals surface area contributed by atoms with Crippen molar-refractivity contribution in [2.75, 3.05) is 4.72 Å². The van der Waals surface area contributed by atoms with Gasteiger partial charge in [-0.3, -0.25) is 4.72 Å². The number of hydrogen-bond acceptors (Lipinski definition) is 3. The maximum Gasteiger partial charge on any atom is 0.335 e. The largest absolute Gasteiger partial charge is 0.478 e. The highest BCUT2D eigenvalue weighted by molar-refractivity contribution is 7.92. The van der Waals surface area contributed by atoms with Gasteiger partial charge in [0.2, 0.25) is 0 Å². The molecule has 0 heterocycles. The van der Waals surface area contributed by atoms with E-state index in [2.05, 4.69) is 4.72 Å². The van der Waals surface area contributed by atoms with Gasteiger partial charge in [-0.15, -0.1) is 0 Å². The van der Waals surface area contributed by atoms with Crippen LogP contribution in [-0.4, -0.2) is 19.5 Å². The monoisotopic (exact) mass is 311 g/mol. The van der Waals surface area contributed by atoms with E-state index in [1.807, 2.05) is 0 Å². The molecule has 2 aromatic rings. The normalized spacial score (nSPS) is 11.1. The zero-order valence-electron chi connectivity index (χ0n) is 10.1. The fourth-order valence-electron chi connectivity index (χ4n) is 1.59. The van der Waals surface area contributed by atoms with Gasteiger partial charge >= 0.3 is 5.97 Å². The predicted octanol–water partition coefficient (Wildman–Crippen LogP) is 2.84. The number of anilines is 1. The Kier molecular flexibility index (Phi) is 3.96. The molecule has 0 saturated carbocycles. The lowest BCUT2D eigenvalue weighted by Crippen LogP contribution is -2.13. The second kappa shape index (κ2) is 5.52. The van der Waals surface area contributed by atoms with E-state index in [9.17, 15) is 13.2 Å². The molecular formula is C13H10ClNO4S. The third-order valence-electron chi connectivity index (χ3n) is 2.45. The molecule has 0 saturated heterocycles. The molecule has 0 atom stereocenters. The summed E-state index contributed by atoms with van der Waals surface area (Å²) in [4.78, 5) is 11.0. The minimum absolute atomic E-state index is 0.0804. The zero-order chi connectivity index (χ0) is 14.8. The number of carboxylic acid groups (broad SMARTS) is 1. The van der Waals surface area contributed by atoms with E-state index < -0.39 is 16.0 Å². The lowest BCUT2D eigenvalue weighted by Gasteiger charge is -2.09. The van der Waals surface area contributed by atoms with Gasteiger partial charge in [0.05, 0.1) is 16.1 Å². The molecule has 0 aromatic heterocycles. The van der Waals surface area contributed by atoms with Crippen LogP contribution in [-0.2, 0) is 10.0 Å². The highest BCUT2D eigenvalue weighted by Gasteiger charge is 2.15. The van der Waals surface area contributed by atoms with Crippen molar-refractivity contribution in [3.63, 3.8) is 0 Å². The summed E-state index contributed by atoms with van der Waals surface area (Å²) in [5.74, 6) is -1.19. The molecule has 0 aliphatic carbocycles. The quantitative estimate of drug-likeness (QED) is 0.909. The highest BCUT2D eigenvalue weighted by atomic mass is 35.5. The number of halogens is 1. The van der Waals surface area contributed by atoms with E-state index in [-0.39, 0.29) is 21.2 Å². The molecule has 0 unspecified atom stereocenters. The first-order chi connectivity index (χ1) is 9.38. The Hall–Kier alpha value is -2.05. The first-order valence-corrected chi connectivity index (χ1v) is 7.36. The predicted molar refractivity (Wildman–Crippen MR) is 75.7 cm³/mol. The highest BCUT2D eigenvalue weighted by Crippen LogP contribution is 2.22. The van der Waals surface area contributed by atoms with E-state index in [0.29, 0.717) is 0 Å². The molecular weight excluding hydrogens is 302 g/mol. The molecule has 0 aliphatic rings. The number of carboxylic acids is 1. The average Bonchev–Trinajstić information content (AvgIpc) is 2.38. The van der Waals surface area contributed by atoms with E-state index >= 15 is 0 Å². The zero-order valence-corrected chi connectivity index (χ0v) is 11.6. The van der Waals surface area contributed by atoms with Gasteiger partial charge in [0, 0.05) is 5.02 Å². The Morgan fingerprint density at radius 1 is 1.10 bits per heavy atom. The maximum absolute atomic E-state index is 12.1. The fraction of sp³-hybridized carbons (Fsp3) is 0. The Balaban J connectivity index is 2.37. The van der Waals surface area contributed by atoms with Crippen LogP contribution in [0.4, 0.5) is 5.69 Å². The molecule has 0 fully saturated rings. The van der Waals surface area contributed by atoms with Crippen LogP contribution >= 0.6 is 11.6 Å².